The van der Waals surface area contributed by atoms with Crippen LogP contribution in [0.2, 0.25) is 0 Å². The summed E-state index contributed by atoms with van der Waals surface area (Å²) in [4.78, 5) is 22.8. The van der Waals surface area contributed by atoms with Crippen molar-refractivity contribution in [2.45, 2.75) is 88.9 Å². The van der Waals surface area contributed by atoms with Gasteiger partial charge < -0.3 is 0 Å². The third-order valence-electron chi connectivity index (χ3n) is 12.6. The first-order valence-electron chi connectivity index (χ1n) is 23.4. The molecule has 0 aromatic heterocycles. The number of hydrogen-bond acceptors (Lipinski definition) is 8. The van der Waals surface area contributed by atoms with Gasteiger partial charge in [0, 0.05) is 0 Å². The van der Waals surface area contributed by atoms with Gasteiger partial charge in [-0.05, 0) is 0 Å². The van der Waals surface area contributed by atoms with E-state index in [1.54, 1.807) is 0 Å². The number of aromatic carboxylic acids is 2. The van der Waals surface area contributed by atoms with E-state index < -0.39 is 45.8 Å². The Morgan fingerprint density at radius 3 is 0.956 bits per heavy atom. The summed E-state index contributed by atoms with van der Waals surface area (Å²) in [7, 11) is -8.59. The SMILES string of the molecule is CCCCP(CCCC)(CCCC)(CCCC)OS(=O)(=O)c1cccc(C(=O)O)c1.O=C(O)c1cccc(S(=O)(=O)OP(c2ccccc2)(c2ccccc2)(c2ccccc2)c2ccccc2)c1. The number of carboxylic acids is 2. The summed E-state index contributed by atoms with van der Waals surface area (Å²) in [5.74, 6) is -2.37. The molecule has 10 nitrogen and oxygen atoms in total. The Hall–Kier alpha value is -5.06. The van der Waals surface area contributed by atoms with E-state index in [2.05, 4.69) is 27.7 Å². The summed E-state index contributed by atoms with van der Waals surface area (Å²) in [5.41, 5.74) is -0.182. The minimum atomic E-state index is -4.53. The molecule has 0 saturated carbocycles. The molecule has 0 heterocycles. The van der Waals surface area contributed by atoms with Gasteiger partial charge in [-0.2, -0.15) is 0 Å². The summed E-state index contributed by atoms with van der Waals surface area (Å²) in [6, 6.07) is 48.4. The van der Waals surface area contributed by atoms with Crippen molar-refractivity contribution < 1.29 is 44.6 Å². The minimum absolute atomic E-state index is 0.0378. The summed E-state index contributed by atoms with van der Waals surface area (Å²) in [5, 5.41) is 21.6. The average Bonchev–Trinajstić information content (AvgIpc) is 3.37. The molecule has 0 aliphatic carbocycles. The van der Waals surface area contributed by atoms with Crippen molar-refractivity contribution in [1.29, 1.82) is 0 Å². The predicted octanol–water partition coefficient (Wildman–Crippen LogP) is 11.6. The second-order valence-corrected chi connectivity index (χ2v) is 30.9. The maximum absolute atomic E-state index is 14.3. The van der Waals surface area contributed by atoms with Gasteiger partial charge in [-0.3, -0.25) is 0 Å². The van der Waals surface area contributed by atoms with Gasteiger partial charge in [0.2, 0.25) is 0 Å². The first kappa shape index (κ1) is 53.9. The van der Waals surface area contributed by atoms with Gasteiger partial charge in [0.1, 0.15) is 0 Å². The molecule has 14 heteroatoms. The van der Waals surface area contributed by atoms with Crippen LogP contribution in [0.15, 0.2) is 180 Å². The van der Waals surface area contributed by atoms with Crippen LogP contribution in [-0.2, 0) is 28.2 Å². The number of carboxylic acid groups (broad SMARTS) is 2. The van der Waals surface area contributed by atoms with Gasteiger partial charge in [-0.25, -0.2) is 0 Å². The fourth-order valence-electron chi connectivity index (χ4n) is 9.10. The Balaban J connectivity index is 0.000000263. The van der Waals surface area contributed by atoms with E-state index in [0.717, 1.165) is 82.1 Å². The quantitative estimate of drug-likeness (QED) is 0.0558. The molecular formula is C54H66O10P2S2. The van der Waals surface area contributed by atoms with Crippen LogP contribution in [-0.4, -0.2) is 63.6 Å². The van der Waals surface area contributed by atoms with Gasteiger partial charge in [0.25, 0.3) is 0 Å². The summed E-state index contributed by atoms with van der Waals surface area (Å²) < 4.78 is 68.9. The summed E-state index contributed by atoms with van der Waals surface area (Å²) >= 11 is 0. The number of rotatable bonds is 24. The van der Waals surface area contributed by atoms with Crippen molar-refractivity contribution in [1.82, 2.24) is 0 Å². The topological polar surface area (TPSA) is 161 Å². The van der Waals surface area contributed by atoms with Crippen molar-refractivity contribution >= 4 is 67.1 Å². The van der Waals surface area contributed by atoms with Crippen molar-refractivity contribution in [2.75, 3.05) is 24.6 Å². The van der Waals surface area contributed by atoms with Crippen LogP contribution < -0.4 is 21.2 Å². The second-order valence-electron chi connectivity index (χ2n) is 17.3. The summed E-state index contributed by atoms with van der Waals surface area (Å²) in [6.07, 6.45) is 11.2. The first-order chi connectivity index (χ1) is 32.6. The van der Waals surface area contributed by atoms with E-state index in [-0.39, 0.29) is 20.9 Å². The molecule has 6 aromatic carbocycles. The average molecular weight is 1000 g/mol. The molecule has 0 fully saturated rings. The Morgan fingerprint density at radius 1 is 0.412 bits per heavy atom. The Labute approximate surface area is 404 Å². The van der Waals surface area contributed by atoms with Crippen molar-refractivity contribution in [3.63, 3.8) is 0 Å². The van der Waals surface area contributed by atoms with Gasteiger partial charge in [-0.15, -0.1) is 0 Å². The van der Waals surface area contributed by atoms with E-state index in [9.17, 15) is 36.6 Å². The molecule has 0 spiro atoms. The normalized spacial score (nSPS) is 13.2. The molecule has 0 amide bonds. The molecule has 6 aromatic rings. The van der Waals surface area contributed by atoms with Crippen LogP contribution in [0, 0.1) is 0 Å². The van der Waals surface area contributed by atoms with E-state index in [4.69, 9.17) is 7.94 Å². The standard InChI is InChI=1S/C31H25O5PS.C23H41O5PS/c32-31(33)25-14-13-23-30(24-25)38(34,35)36-37(26-15-5-1-6-16-26,27-17-7-2-8-18-27,28-19-9-3-10-20-28)29-21-11-4-12-22-29;1-5-9-16-29(17-10-6-2,18-11-7-3,19-12-8-4)28-30(26,27)22-15-13-14-21(20-22)23(24)25/h1-24H,(H,32,33);13-15,20H,5-12,16-19H2,1-4H3,(H,24,25). The number of carbonyl (C=O) groups is 2. The third kappa shape index (κ3) is 11.7. The molecule has 0 unspecified atom stereocenters. The number of hydrogen-bond donors (Lipinski definition) is 2. The zero-order chi connectivity index (χ0) is 49.4. The molecule has 0 saturated heterocycles. The molecule has 6 rings (SSSR count). The second kappa shape index (κ2) is 23.5. The molecule has 2 N–H and O–H groups in total. The summed E-state index contributed by atoms with van der Waals surface area (Å²) in [6.45, 7) is 1.02. The van der Waals surface area contributed by atoms with Crippen LogP contribution in [0.3, 0.4) is 0 Å². The molecule has 0 atom stereocenters. The van der Waals surface area contributed by atoms with Crippen LogP contribution in [0.5, 0.6) is 0 Å². The van der Waals surface area contributed by atoms with Crippen LogP contribution in [0.1, 0.15) is 99.8 Å². The molecule has 0 radical (unpaired) electrons. The van der Waals surface area contributed by atoms with E-state index in [0.29, 0.717) is 21.2 Å². The molecular weight excluding hydrogens is 935 g/mol. The van der Waals surface area contributed by atoms with Crippen molar-refractivity contribution in [2.24, 2.45) is 0 Å². The zero-order valence-electron chi connectivity index (χ0n) is 39.5. The molecule has 68 heavy (non-hydrogen) atoms. The number of unbranched alkanes of at least 4 members (excludes halogenated alkanes) is 4. The molecule has 364 valence electrons. The Kier molecular flexibility index (Phi) is 18.6. The van der Waals surface area contributed by atoms with Gasteiger partial charge in [0.05, 0.1) is 0 Å². The van der Waals surface area contributed by atoms with E-state index in [1.807, 2.05) is 121 Å². The Morgan fingerprint density at radius 2 is 0.691 bits per heavy atom. The van der Waals surface area contributed by atoms with E-state index in [1.165, 1.54) is 42.5 Å². The van der Waals surface area contributed by atoms with E-state index >= 15 is 0 Å². The molecule has 0 aliphatic heterocycles. The van der Waals surface area contributed by atoms with Gasteiger partial charge >= 0.3 is 406 Å². The van der Waals surface area contributed by atoms with Gasteiger partial charge in [-0.1, -0.05) is 0 Å². The monoisotopic (exact) mass is 1000 g/mol. The third-order valence-corrected chi connectivity index (χ3v) is 29.6. The zero-order valence-corrected chi connectivity index (χ0v) is 42.9. The predicted molar refractivity (Wildman–Crippen MR) is 281 cm³/mol. The van der Waals surface area contributed by atoms with Crippen LogP contribution >= 0.6 is 13.7 Å². The first-order valence-corrected chi connectivity index (χ1v) is 31.3. The molecule has 0 aliphatic rings. The van der Waals surface area contributed by atoms with Crippen LogP contribution in [0.25, 0.3) is 0 Å². The maximum atomic E-state index is 14.3. The fourth-order valence-corrected chi connectivity index (χ4v) is 27.7. The van der Waals surface area contributed by atoms with Crippen LogP contribution in [0.4, 0.5) is 0 Å². The van der Waals surface area contributed by atoms with Crippen molar-refractivity contribution in [3.8, 4) is 0 Å². The fraction of sp³-hybridized carbons (Fsp3) is 0.296. The molecule has 0 bridgehead atoms. The number of benzene rings is 6. The Bertz CT molecular complexity index is 2600. The van der Waals surface area contributed by atoms with Crippen molar-refractivity contribution in [3.05, 3.63) is 181 Å². The van der Waals surface area contributed by atoms with Gasteiger partial charge in [0.15, 0.2) is 0 Å².